The van der Waals surface area contributed by atoms with E-state index in [0.29, 0.717) is 30.1 Å². The largest absolute Gasteiger partial charge is 0.417 e. The van der Waals surface area contributed by atoms with Crippen LogP contribution in [0.1, 0.15) is 30.4 Å². The Balaban J connectivity index is 1.43. The number of hydrogen-bond donors (Lipinski definition) is 1. The highest BCUT2D eigenvalue weighted by Crippen LogP contribution is 2.28. The van der Waals surface area contributed by atoms with Crippen LogP contribution in [-0.4, -0.2) is 31.9 Å². The van der Waals surface area contributed by atoms with Crippen molar-refractivity contribution in [3.05, 3.63) is 77.9 Å². The smallest absolute Gasteiger partial charge is 0.410 e. The fourth-order valence-corrected chi connectivity index (χ4v) is 5.43. The van der Waals surface area contributed by atoms with E-state index in [9.17, 15) is 13.2 Å². The van der Waals surface area contributed by atoms with Crippen LogP contribution in [0.3, 0.4) is 0 Å². The Morgan fingerprint density at radius 2 is 1.65 bits per heavy atom. The molecule has 1 amide bonds. The molecule has 0 saturated carbocycles. The molecule has 1 N–H and O–H groups in total. The van der Waals surface area contributed by atoms with Crippen molar-refractivity contribution >= 4 is 21.8 Å². The lowest BCUT2D eigenvalue weighted by Gasteiger charge is -2.25. The summed E-state index contributed by atoms with van der Waals surface area (Å²) in [5.41, 5.74) is 3.81. The van der Waals surface area contributed by atoms with Gasteiger partial charge in [-0.3, -0.25) is 5.32 Å². The van der Waals surface area contributed by atoms with Gasteiger partial charge in [0, 0.05) is 18.8 Å². The molecule has 0 aliphatic carbocycles. The predicted molar refractivity (Wildman–Crippen MR) is 130 cm³/mol. The van der Waals surface area contributed by atoms with Gasteiger partial charge in [0.25, 0.3) is 0 Å². The number of nitrogens with zero attached hydrogens (tertiary/aromatic N) is 2. The van der Waals surface area contributed by atoms with E-state index in [4.69, 9.17) is 10.00 Å². The number of benzene rings is 3. The second-order valence-corrected chi connectivity index (χ2v) is 10.1. The summed E-state index contributed by atoms with van der Waals surface area (Å²) < 4.78 is 32.5. The van der Waals surface area contributed by atoms with E-state index in [1.807, 2.05) is 25.1 Å². The van der Waals surface area contributed by atoms with Gasteiger partial charge in [-0.15, -0.1) is 0 Å². The SMILES string of the molecule is Cc1ccc(OC(=O)Nc2ccc(S(=O)(=O)N3CCCCC3)cc2)cc1-c1ccc(C#N)cc1. The molecule has 3 aromatic carbocycles. The number of piperidine rings is 1. The molecule has 3 aromatic rings. The number of rotatable bonds is 5. The zero-order chi connectivity index (χ0) is 24.1. The van der Waals surface area contributed by atoms with Crippen LogP contribution in [0.2, 0.25) is 0 Å². The second-order valence-electron chi connectivity index (χ2n) is 8.17. The topological polar surface area (TPSA) is 99.5 Å². The number of carbonyl (C=O) groups excluding carboxylic acids is 1. The minimum Gasteiger partial charge on any atom is -0.410 e. The summed E-state index contributed by atoms with van der Waals surface area (Å²) in [6.45, 7) is 3.03. The van der Waals surface area contributed by atoms with E-state index in [-0.39, 0.29) is 4.90 Å². The number of aryl methyl sites for hydroxylation is 1. The summed E-state index contributed by atoms with van der Waals surface area (Å²) in [5, 5.41) is 11.6. The number of sulfonamides is 1. The maximum absolute atomic E-state index is 12.8. The molecule has 0 atom stereocenters. The Bertz CT molecular complexity index is 1320. The molecule has 0 radical (unpaired) electrons. The van der Waals surface area contributed by atoms with E-state index in [1.165, 1.54) is 16.4 Å². The van der Waals surface area contributed by atoms with Crippen molar-refractivity contribution in [3.63, 3.8) is 0 Å². The van der Waals surface area contributed by atoms with Gasteiger partial charge in [0.05, 0.1) is 16.5 Å². The van der Waals surface area contributed by atoms with Gasteiger partial charge in [-0.1, -0.05) is 24.6 Å². The molecule has 0 bridgehead atoms. The number of amides is 1. The molecular formula is C26H25N3O4S. The third kappa shape index (κ3) is 5.28. The number of nitrogens with one attached hydrogen (secondary N) is 1. The minimum atomic E-state index is -3.52. The Morgan fingerprint density at radius 1 is 0.971 bits per heavy atom. The van der Waals surface area contributed by atoms with Crippen molar-refractivity contribution < 1.29 is 17.9 Å². The van der Waals surface area contributed by atoms with Crippen molar-refractivity contribution in [2.45, 2.75) is 31.1 Å². The molecule has 0 aromatic heterocycles. The number of hydrogen-bond acceptors (Lipinski definition) is 5. The summed E-state index contributed by atoms with van der Waals surface area (Å²) in [4.78, 5) is 12.6. The summed E-state index contributed by atoms with van der Waals surface area (Å²) in [6, 6.07) is 20.7. The van der Waals surface area contributed by atoms with E-state index < -0.39 is 16.1 Å². The quantitative estimate of drug-likeness (QED) is 0.538. The molecule has 7 nitrogen and oxygen atoms in total. The van der Waals surface area contributed by atoms with E-state index in [1.54, 1.807) is 36.4 Å². The van der Waals surface area contributed by atoms with Gasteiger partial charge >= 0.3 is 6.09 Å². The van der Waals surface area contributed by atoms with Crippen molar-refractivity contribution in [1.82, 2.24) is 4.31 Å². The van der Waals surface area contributed by atoms with Crippen LogP contribution >= 0.6 is 0 Å². The Morgan fingerprint density at radius 3 is 2.29 bits per heavy atom. The van der Waals surface area contributed by atoms with Crippen LogP contribution in [0.5, 0.6) is 5.75 Å². The number of carbonyl (C=O) groups is 1. The Labute approximate surface area is 199 Å². The first kappa shape index (κ1) is 23.5. The standard InChI is InChI=1S/C26H25N3O4S/c1-19-5-12-23(17-25(19)21-8-6-20(18-27)7-9-21)33-26(30)28-22-10-13-24(14-11-22)34(31,32)29-15-3-2-4-16-29/h5-14,17H,2-4,15-16H2,1H3,(H,28,30). The molecule has 4 rings (SSSR count). The van der Waals surface area contributed by atoms with Crippen molar-refractivity contribution in [2.24, 2.45) is 0 Å². The number of anilines is 1. The van der Waals surface area contributed by atoms with E-state index in [2.05, 4.69) is 11.4 Å². The highest BCUT2D eigenvalue weighted by molar-refractivity contribution is 7.89. The van der Waals surface area contributed by atoms with Gasteiger partial charge in [0.1, 0.15) is 5.75 Å². The van der Waals surface area contributed by atoms with Crippen LogP contribution < -0.4 is 10.1 Å². The molecule has 1 fully saturated rings. The Kier molecular flexibility index (Phi) is 6.96. The van der Waals surface area contributed by atoms with Crippen LogP contribution in [0.4, 0.5) is 10.5 Å². The summed E-state index contributed by atoms with van der Waals surface area (Å²) >= 11 is 0. The third-order valence-corrected chi connectivity index (χ3v) is 7.71. The van der Waals surface area contributed by atoms with Crippen LogP contribution in [-0.2, 0) is 10.0 Å². The maximum atomic E-state index is 12.8. The third-order valence-electron chi connectivity index (χ3n) is 5.80. The number of nitriles is 1. The molecule has 1 heterocycles. The summed E-state index contributed by atoms with van der Waals surface area (Å²) in [6.07, 6.45) is 2.11. The number of ether oxygens (including phenoxy) is 1. The van der Waals surface area contributed by atoms with Crippen LogP contribution in [0, 0.1) is 18.3 Å². The van der Waals surface area contributed by atoms with Gasteiger partial charge in [-0.2, -0.15) is 9.57 Å². The van der Waals surface area contributed by atoms with Crippen LogP contribution in [0.25, 0.3) is 11.1 Å². The molecule has 0 spiro atoms. The van der Waals surface area contributed by atoms with Gasteiger partial charge < -0.3 is 4.74 Å². The highest BCUT2D eigenvalue weighted by Gasteiger charge is 2.25. The molecule has 1 aliphatic rings. The molecule has 8 heteroatoms. The van der Waals surface area contributed by atoms with Gasteiger partial charge in [0.2, 0.25) is 10.0 Å². The molecule has 0 unspecified atom stereocenters. The second kappa shape index (κ2) is 10.1. The maximum Gasteiger partial charge on any atom is 0.417 e. The first-order chi connectivity index (χ1) is 16.4. The lowest BCUT2D eigenvalue weighted by atomic mass is 9.99. The fourth-order valence-electron chi connectivity index (χ4n) is 3.91. The molecule has 34 heavy (non-hydrogen) atoms. The van der Waals surface area contributed by atoms with Gasteiger partial charge in [0.15, 0.2) is 0 Å². The fraction of sp³-hybridized carbons (Fsp3) is 0.231. The zero-order valence-corrected chi connectivity index (χ0v) is 19.6. The molecule has 1 saturated heterocycles. The summed E-state index contributed by atoms with van der Waals surface area (Å²) in [5.74, 6) is 0.367. The van der Waals surface area contributed by atoms with Gasteiger partial charge in [-0.05, 0) is 85.0 Å². The van der Waals surface area contributed by atoms with Crippen molar-refractivity contribution in [2.75, 3.05) is 18.4 Å². The first-order valence-corrected chi connectivity index (χ1v) is 12.5. The van der Waals surface area contributed by atoms with Crippen molar-refractivity contribution in [3.8, 4) is 22.9 Å². The zero-order valence-electron chi connectivity index (χ0n) is 18.8. The predicted octanol–water partition coefficient (Wildman–Crippen LogP) is 5.32. The monoisotopic (exact) mass is 475 g/mol. The average Bonchev–Trinajstić information content (AvgIpc) is 2.86. The highest BCUT2D eigenvalue weighted by atomic mass is 32.2. The molecular weight excluding hydrogens is 450 g/mol. The van der Waals surface area contributed by atoms with Crippen LogP contribution in [0.15, 0.2) is 71.6 Å². The minimum absolute atomic E-state index is 0.207. The van der Waals surface area contributed by atoms with Crippen molar-refractivity contribution in [1.29, 1.82) is 5.26 Å². The molecule has 174 valence electrons. The lowest BCUT2D eigenvalue weighted by Crippen LogP contribution is -2.35. The lowest BCUT2D eigenvalue weighted by molar-refractivity contribution is 0.215. The van der Waals surface area contributed by atoms with E-state index >= 15 is 0 Å². The molecule has 1 aliphatic heterocycles. The summed E-state index contributed by atoms with van der Waals surface area (Å²) in [7, 11) is -3.52. The van der Waals surface area contributed by atoms with E-state index in [0.717, 1.165) is 36.0 Å². The Hall–Kier alpha value is -3.67. The average molecular weight is 476 g/mol. The first-order valence-electron chi connectivity index (χ1n) is 11.1. The normalized spacial score (nSPS) is 14.2. The van der Waals surface area contributed by atoms with Gasteiger partial charge in [-0.25, -0.2) is 13.2 Å².